The molecular formula is C20H22ClNO4. The quantitative estimate of drug-likeness (QED) is 0.549. The van der Waals surface area contributed by atoms with Gasteiger partial charge in [-0.15, -0.1) is 0 Å². The molecule has 2 aromatic carbocycles. The Morgan fingerprint density at radius 1 is 1.12 bits per heavy atom. The van der Waals surface area contributed by atoms with Crippen molar-refractivity contribution in [2.24, 2.45) is 0 Å². The molecule has 0 aliphatic heterocycles. The van der Waals surface area contributed by atoms with Gasteiger partial charge >= 0.3 is 5.97 Å². The summed E-state index contributed by atoms with van der Waals surface area (Å²) >= 11 is 5.99. The van der Waals surface area contributed by atoms with Crippen LogP contribution in [-0.4, -0.2) is 24.6 Å². The van der Waals surface area contributed by atoms with Crippen LogP contribution >= 0.6 is 11.6 Å². The maximum atomic E-state index is 12.1. The molecular weight excluding hydrogens is 354 g/mol. The minimum absolute atomic E-state index is 0.176. The fourth-order valence-corrected chi connectivity index (χ4v) is 2.33. The summed E-state index contributed by atoms with van der Waals surface area (Å²) in [5.41, 5.74) is 1.64. The highest BCUT2D eigenvalue weighted by Crippen LogP contribution is 2.20. The van der Waals surface area contributed by atoms with Crippen LogP contribution in [0.25, 0.3) is 0 Å². The molecule has 0 aromatic heterocycles. The Bertz CT molecular complexity index is 746. The van der Waals surface area contributed by atoms with E-state index < -0.39 is 18.0 Å². The predicted molar refractivity (Wildman–Crippen MR) is 102 cm³/mol. The zero-order valence-corrected chi connectivity index (χ0v) is 15.6. The molecule has 2 rings (SSSR count). The van der Waals surface area contributed by atoms with E-state index in [4.69, 9.17) is 21.1 Å². The van der Waals surface area contributed by atoms with Gasteiger partial charge in [0.05, 0.1) is 17.3 Å². The molecule has 1 amide bonds. The second kappa shape index (κ2) is 9.82. The van der Waals surface area contributed by atoms with Gasteiger partial charge in [0.1, 0.15) is 5.75 Å². The molecule has 1 N–H and O–H groups in total. The molecule has 1 unspecified atom stereocenters. The van der Waals surface area contributed by atoms with Gasteiger partial charge in [0, 0.05) is 6.42 Å². The van der Waals surface area contributed by atoms with Gasteiger partial charge in [-0.3, -0.25) is 9.59 Å². The highest BCUT2D eigenvalue weighted by Gasteiger charge is 2.18. The van der Waals surface area contributed by atoms with Crippen molar-refractivity contribution in [1.29, 1.82) is 0 Å². The van der Waals surface area contributed by atoms with Crippen molar-refractivity contribution in [2.75, 3.05) is 11.9 Å². The molecule has 5 nitrogen and oxygen atoms in total. The molecule has 0 aliphatic rings. The van der Waals surface area contributed by atoms with Crippen LogP contribution in [0.4, 0.5) is 5.69 Å². The zero-order valence-electron chi connectivity index (χ0n) is 14.8. The van der Waals surface area contributed by atoms with Crippen molar-refractivity contribution < 1.29 is 19.1 Å². The number of carbonyl (C=O) groups is 2. The molecule has 0 fully saturated rings. The lowest BCUT2D eigenvalue weighted by Gasteiger charge is -2.14. The van der Waals surface area contributed by atoms with Gasteiger partial charge in [-0.05, 0) is 44.5 Å². The van der Waals surface area contributed by atoms with E-state index in [2.05, 4.69) is 5.32 Å². The number of carbonyl (C=O) groups excluding carboxylic acids is 2. The van der Waals surface area contributed by atoms with Gasteiger partial charge in [-0.25, -0.2) is 0 Å². The second-order valence-corrected chi connectivity index (χ2v) is 6.27. The Morgan fingerprint density at radius 3 is 2.50 bits per heavy atom. The van der Waals surface area contributed by atoms with Crippen LogP contribution in [0.5, 0.6) is 5.75 Å². The van der Waals surface area contributed by atoms with Crippen molar-refractivity contribution in [3.05, 3.63) is 59.1 Å². The third-order valence-corrected chi connectivity index (χ3v) is 3.95. The van der Waals surface area contributed by atoms with Gasteiger partial charge in [0.25, 0.3) is 5.91 Å². The van der Waals surface area contributed by atoms with Gasteiger partial charge < -0.3 is 14.8 Å². The van der Waals surface area contributed by atoms with Crippen LogP contribution in [-0.2, 0) is 14.3 Å². The minimum atomic E-state index is -0.906. The lowest BCUT2D eigenvalue weighted by molar-refractivity contribution is -0.153. The van der Waals surface area contributed by atoms with E-state index >= 15 is 0 Å². The molecule has 6 heteroatoms. The SMILES string of the molecule is Cc1ccc(OCCCC(=O)OC(C)C(=O)Nc2ccccc2Cl)cc1. The maximum Gasteiger partial charge on any atom is 0.306 e. The molecule has 2 aromatic rings. The smallest absolute Gasteiger partial charge is 0.306 e. The number of anilines is 1. The molecule has 0 saturated carbocycles. The standard InChI is InChI=1S/C20H22ClNO4/c1-14-9-11-16(12-10-14)25-13-5-8-19(23)26-15(2)20(24)22-18-7-4-3-6-17(18)21/h3-4,6-7,9-12,15H,5,8,13H2,1-2H3,(H,22,24). The largest absolute Gasteiger partial charge is 0.494 e. The Balaban J connectivity index is 1.68. The van der Waals surface area contributed by atoms with Crippen molar-refractivity contribution in [3.63, 3.8) is 0 Å². The number of amides is 1. The Hall–Kier alpha value is -2.53. The summed E-state index contributed by atoms with van der Waals surface area (Å²) in [5.74, 6) is -0.113. The Morgan fingerprint density at radius 2 is 1.81 bits per heavy atom. The predicted octanol–water partition coefficient (Wildman–Crippen LogP) is 4.38. The summed E-state index contributed by atoms with van der Waals surface area (Å²) in [6.07, 6.45) is -0.224. The molecule has 0 spiro atoms. The van der Waals surface area contributed by atoms with Gasteiger partial charge in [-0.1, -0.05) is 41.4 Å². The summed E-state index contributed by atoms with van der Waals surface area (Å²) in [7, 11) is 0. The number of para-hydroxylation sites is 1. The summed E-state index contributed by atoms with van der Waals surface area (Å²) in [4.78, 5) is 23.9. The van der Waals surface area contributed by atoms with Crippen LogP contribution in [0.2, 0.25) is 5.02 Å². The third-order valence-electron chi connectivity index (χ3n) is 3.62. The highest BCUT2D eigenvalue weighted by molar-refractivity contribution is 6.33. The summed E-state index contributed by atoms with van der Waals surface area (Å²) in [6.45, 7) is 3.92. The van der Waals surface area contributed by atoms with Crippen molar-refractivity contribution in [2.45, 2.75) is 32.8 Å². The van der Waals surface area contributed by atoms with E-state index in [0.717, 1.165) is 11.3 Å². The van der Waals surface area contributed by atoms with Crippen LogP contribution in [0.3, 0.4) is 0 Å². The summed E-state index contributed by atoms with van der Waals surface area (Å²) < 4.78 is 10.7. The second-order valence-electron chi connectivity index (χ2n) is 5.87. The minimum Gasteiger partial charge on any atom is -0.494 e. The number of ether oxygens (including phenoxy) is 2. The number of nitrogens with one attached hydrogen (secondary N) is 1. The fraction of sp³-hybridized carbons (Fsp3) is 0.300. The molecule has 0 heterocycles. The van der Waals surface area contributed by atoms with Gasteiger partial charge in [0.2, 0.25) is 0 Å². The van der Waals surface area contributed by atoms with E-state index in [9.17, 15) is 9.59 Å². The van der Waals surface area contributed by atoms with Crippen molar-refractivity contribution in [1.82, 2.24) is 0 Å². The van der Waals surface area contributed by atoms with Crippen molar-refractivity contribution in [3.8, 4) is 5.75 Å². The molecule has 1 atom stereocenters. The number of hydrogen-bond donors (Lipinski definition) is 1. The van der Waals surface area contributed by atoms with Crippen LogP contribution in [0, 0.1) is 6.92 Å². The third kappa shape index (κ3) is 6.41. The molecule has 0 radical (unpaired) electrons. The highest BCUT2D eigenvalue weighted by atomic mass is 35.5. The average Bonchev–Trinajstić information content (AvgIpc) is 2.62. The van der Waals surface area contributed by atoms with E-state index in [1.54, 1.807) is 24.3 Å². The molecule has 26 heavy (non-hydrogen) atoms. The number of hydrogen-bond acceptors (Lipinski definition) is 4. The van der Waals surface area contributed by atoms with E-state index in [1.807, 2.05) is 31.2 Å². The first-order valence-electron chi connectivity index (χ1n) is 8.40. The monoisotopic (exact) mass is 375 g/mol. The number of esters is 1. The Labute approximate surface area is 158 Å². The molecule has 0 saturated heterocycles. The zero-order chi connectivity index (χ0) is 18.9. The average molecular weight is 376 g/mol. The number of halogens is 1. The number of rotatable bonds is 8. The fourth-order valence-electron chi connectivity index (χ4n) is 2.15. The molecule has 0 aliphatic carbocycles. The normalized spacial score (nSPS) is 11.5. The molecule has 138 valence electrons. The lowest BCUT2D eigenvalue weighted by Crippen LogP contribution is -2.30. The van der Waals surface area contributed by atoms with E-state index in [0.29, 0.717) is 23.7 Å². The first kappa shape index (κ1) is 19.8. The van der Waals surface area contributed by atoms with E-state index in [-0.39, 0.29) is 6.42 Å². The summed E-state index contributed by atoms with van der Waals surface area (Å²) in [5, 5.41) is 3.06. The maximum absolute atomic E-state index is 12.1. The molecule has 0 bridgehead atoms. The summed E-state index contributed by atoms with van der Waals surface area (Å²) in [6, 6.07) is 14.6. The van der Waals surface area contributed by atoms with Gasteiger partial charge in [-0.2, -0.15) is 0 Å². The van der Waals surface area contributed by atoms with E-state index in [1.165, 1.54) is 6.92 Å². The van der Waals surface area contributed by atoms with Crippen LogP contribution < -0.4 is 10.1 Å². The van der Waals surface area contributed by atoms with Gasteiger partial charge in [0.15, 0.2) is 6.10 Å². The first-order valence-corrected chi connectivity index (χ1v) is 8.78. The lowest BCUT2D eigenvalue weighted by atomic mass is 10.2. The number of benzene rings is 2. The van der Waals surface area contributed by atoms with Crippen LogP contribution in [0.15, 0.2) is 48.5 Å². The van der Waals surface area contributed by atoms with Crippen molar-refractivity contribution >= 4 is 29.2 Å². The first-order chi connectivity index (χ1) is 12.5. The van der Waals surface area contributed by atoms with Crippen LogP contribution in [0.1, 0.15) is 25.3 Å². The Kier molecular flexibility index (Phi) is 7.48. The topological polar surface area (TPSA) is 64.6 Å². The number of aryl methyl sites for hydroxylation is 1.